The SMILES string of the molecule is C=c1nc2c(=C)ncn2o1. The number of hydrogen-bond acceptors (Lipinski definition) is 3. The molecule has 0 N–H and O–H groups in total. The Morgan fingerprint density at radius 2 is 2.30 bits per heavy atom. The van der Waals surface area contributed by atoms with E-state index >= 15 is 0 Å². The predicted octanol–water partition coefficient (Wildman–Crippen LogP) is -0.857. The van der Waals surface area contributed by atoms with Crippen LogP contribution in [0.5, 0.6) is 0 Å². The lowest BCUT2D eigenvalue weighted by atomic mass is 10.7. The molecule has 0 aliphatic rings. The Morgan fingerprint density at radius 3 is 3.00 bits per heavy atom. The summed E-state index contributed by atoms with van der Waals surface area (Å²) < 4.78 is 6.42. The van der Waals surface area contributed by atoms with Crippen molar-refractivity contribution in [3.63, 3.8) is 0 Å². The minimum absolute atomic E-state index is 0.377. The fourth-order valence-electron chi connectivity index (χ4n) is 0.794. The standard InChI is InChI=1S/C6H5N3O/c1-4-6-8-5(2)10-9(6)3-7-4/h3H,1-2H2. The van der Waals surface area contributed by atoms with Crippen molar-refractivity contribution in [1.82, 2.24) is 14.5 Å². The maximum absolute atomic E-state index is 4.98. The van der Waals surface area contributed by atoms with Gasteiger partial charge >= 0.3 is 0 Å². The summed E-state index contributed by atoms with van der Waals surface area (Å²) >= 11 is 0. The normalized spacial score (nSPS) is 10.8. The minimum Gasteiger partial charge on any atom is -0.352 e. The van der Waals surface area contributed by atoms with Gasteiger partial charge in [-0.05, 0) is 6.58 Å². The van der Waals surface area contributed by atoms with Crippen molar-refractivity contribution < 1.29 is 4.52 Å². The monoisotopic (exact) mass is 135 g/mol. The van der Waals surface area contributed by atoms with Gasteiger partial charge in [-0.2, -0.15) is 4.98 Å². The van der Waals surface area contributed by atoms with Gasteiger partial charge in [0, 0.05) is 0 Å². The molecule has 4 heteroatoms. The Labute approximate surface area is 56.1 Å². The zero-order chi connectivity index (χ0) is 7.14. The fourth-order valence-corrected chi connectivity index (χ4v) is 0.794. The Bertz CT molecular complexity index is 453. The van der Waals surface area contributed by atoms with E-state index < -0.39 is 0 Å². The van der Waals surface area contributed by atoms with Gasteiger partial charge in [0.15, 0.2) is 5.65 Å². The predicted molar refractivity (Wildman–Crippen MR) is 35.5 cm³/mol. The molecule has 0 aromatic carbocycles. The maximum Gasteiger partial charge on any atom is 0.241 e. The van der Waals surface area contributed by atoms with Gasteiger partial charge in [-0.1, -0.05) is 6.58 Å². The first-order valence-electron chi connectivity index (χ1n) is 2.75. The Kier molecular flexibility index (Phi) is 0.768. The third-order valence-corrected chi connectivity index (χ3v) is 1.22. The highest BCUT2D eigenvalue weighted by atomic mass is 16.5. The van der Waals surface area contributed by atoms with E-state index in [0.29, 0.717) is 16.5 Å². The van der Waals surface area contributed by atoms with Gasteiger partial charge in [0.2, 0.25) is 5.55 Å². The molecule has 0 fully saturated rings. The number of aromatic nitrogens is 3. The molecular weight excluding hydrogens is 130 g/mol. The summed E-state index contributed by atoms with van der Waals surface area (Å²) in [6, 6.07) is 0. The molecule has 2 rings (SSSR count). The topological polar surface area (TPSA) is 43.3 Å². The zero-order valence-electron chi connectivity index (χ0n) is 5.24. The van der Waals surface area contributed by atoms with Crippen molar-refractivity contribution in [1.29, 1.82) is 0 Å². The molecule has 2 heterocycles. The van der Waals surface area contributed by atoms with E-state index in [1.54, 1.807) is 0 Å². The second kappa shape index (κ2) is 1.47. The summed E-state index contributed by atoms with van der Waals surface area (Å²) in [5.41, 5.74) is 1.01. The van der Waals surface area contributed by atoms with Crippen molar-refractivity contribution in [2.24, 2.45) is 0 Å². The molecule has 4 nitrogen and oxygen atoms in total. The molecule has 0 saturated carbocycles. The third kappa shape index (κ3) is 0.500. The second-order valence-electron chi connectivity index (χ2n) is 1.94. The lowest BCUT2D eigenvalue weighted by Crippen LogP contribution is -2.01. The van der Waals surface area contributed by atoms with E-state index in [1.807, 2.05) is 0 Å². The number of hydrogen-bond donors (Lipinski definition) is 0. The van der Waals surface area contributed by atoms with E-state index in [2.05, 4.69) is 23.1 Å². The molecule has 2 aromatic rings. The fraction of sp³-hybridized carbons (Fsp3) is 0. The number of imidazole rings is 1. The molecule has 10 heavy (non-hydrogen) atoms. The van der Waals surface area contributed by atoms with E-state index in [0.717, 1.165) is 0 Å². The summed E-state index contributed by atoms with van der Waals surface area (Å²) in [5, 5.41) is 0.610. The molecule has 0 atom stereocenters. The Morgan fingerprint density at radius 1 is 1.50 bits per heavy atom. The van der Waals surface area contributed by atoms with Gasteiger partial charge in [-0.15, -0.1) is 4.57 Å². The highest BCUT2D eigenvalue weighted by Crippen LogP contribution is 1.83. The summed E-state index contributed by atoms with van der Waals surface area (Å²) in [6.45, 7) is 7.16. The molecule has 0 spiro atoms. The van der Waals surface area contributed by atoms with E-state index in [1.165, 1.54) is 10.9 Å². The molecule has 0 bridgehead atoms. The summed E-state index contributed by atoms with van der Waals surface area (Å²) in [4.78, 5) is 7.80. The van der Waals surface area contributed by atoms with Crippen molar-refractivity contribution in [2.45, 2.75) is 0 Å². The highest BCUT2D eigenvalue weighted by Gasteiger charge is 1.97. The summed E-state index contributed by atoms with van der Waals surface area (Å²) in [6.07, 6.45) is 1.51. The quantitative estimate of drug-likeness (QED) is 0.472. The number of rotatable bonds is 0. The lowest BCUT2D eigenvalue weighted by Gasteiger charge is -1.70. The van der Waals surface area contributed by atoms with Crippen LogP contribution in [0.25, 0.3) is 18.8 Å². The van der Waals surface area contributed by atoms with Crippen LogP contribution in [-0.2, 0) is 0 Å². The average molecular weight is 135 g/mol. The molecular formula is C6H5N3O. The van der Waals surface area contributed by atoms with Gasteiger partial charge < -0.3 is 4.52 Å². The minimum atomic E-state index is 0.377. The summed E-state index contributed by atoms with van der Waals surface area (Å²) in [5.74, 6) is 0. The second-order valence-corrected chi connectivity index (χ2v) is 1.94. The molecule has 0 aliphatic carbocycles. The number of nitrogens with zero attached hydrogens (tertiary/aromatic N) is 3. The van der Waals surface area contributed by atoms with Crippen molar-refractivity contribution >= 4 is 18.8 Å². The van der Waals surface area contributed by atoms with Crippen LogP contribution in [0.1, 0.15) is 0 Å². The van der Waals surface area contributed by atoms with Crippen LogP contribution >= 0.6 is 0 Å². The van der Waals surface area contributed by atoms with Crippen molar-refractivity contribution in [3.8, 4) is 0 Å². The van der Waals surface area contributed by atoms with Crippen LogP contribution in [0.4, 0.5) is 0 Å². The molecule has 0 saturated heterocycles. The van der Waals surface area contributed by atoms with E-state index in [9.17, 15) is 0 Å². The average Bonchev–Trinajstić information content (AvgIpc) is 2.35. The van der Waals surface area contributed by atoms with E-state index in [-0.39, 0.29) is 0 Å². The zero-order valence-corrected chi connectivity index (χ0v) is 5.24. The van der Waals surface area contributed by atoms with Crippen LogP contribution < -0.4 is 10.9 Å². The number of fused-ring (bicyclic) bond motifs is 1. The lowest BCUT2D eigenvalue weighted by molar-refractivity contribution is 0.348. The van der Waals surface area contributed by atoms with Crippen LogP contribution in [0.2, 0.25) is 0 Å². The van der Waals surface area contributed by atoms with Gasteiger partial charge in [0.25, 0.3) is 0 Å². The van der Waals surface area contributed by atoms with Crippen molar-refractivity contribution in [3.05, 3.63) is 17.2 Å². The van der Waals surface area contributed by atoms with Crippen LogP contribution in [0.15, 0.2) is 10.9 Å². The van der Waals surface area contributed by atoms with Crippen LogP contribution in [0, 0.1) is 0 Å². The molecule has 0 unspecified atom stereocenters. The van der Waals surface area contributed by atoms with Gasteiger partial charge in [-0.3, -0.25) is 0 Å². The molecule has 50 valence electrons. The van der Waals surface area contributed by atoms with Gasteiger partial charge in [-0.25, -0.2) is 4.98 Å². The first-order chi connectivity index (χ1) is 4.77. The first-order valence-corrected chi connectivity index (χ1v) is 2.75. The summed E-state index contributed by atoms with van der Waals surface area (Å²) in [7, 11) is 0. The molecule has 0 radical (unpaired) electrons. The smallest absolute Gasteiger partial charge is 0.241 e. The van der Waals surface area contributed by atoms with Gasteiger partial charge in [0.05, 0.1) is 0 Å². The Balaban J connectivity index is 3.18. The van der Waals surface area contributed by atoms with Crippen LogP contribution in [-0.4, -0.2) is 14.5 Å². The largest absolute Gasteiger partial charge is 0.352 e. The van der Waals surface area contributed by atoms with Crippen LogP contribution in [0.3, 0.4) is 0 Å². The first kappa shape index (κ1) is 5.22. The highest BCUT2D eigenvalue weighted by molar-refractivity contribution is 5.35. The molecule has 2 aromatic heterocycles. The van der Waals surface area contributed by atoms with Gasteiger partial charge in [0.1, 0.15) is 11.7 Å². The Hall–Kier alpha value is -1.58. The maximum atomic E-state index is 4.98. The third-order valence-electron chi connectivity index (χ3n) is 1.22. The molecule has 0 aliphatic heterocycles. The van der Waals surface area contributed by atoms with E-state index in [4.69, 9.17) is 4.52 Å². The molecule has 0 amide bonds. The van der Waals surface area contributed by atoms with Crippen molar-refractivity contribution in [2.75, 3.05) is 0 Å².